The minimum Gasteiger partial charge on any atom is -0.334 e. The van der Waals surface area contributed by atoms with E-state index in [-0.39, 0.29) is 29.7 Å². The van der Waals surface area contributed by atoms with Crippen molar-refractivity contribution in [3.63, 3.8) is 0 Å². The Morgan fingerprint density at radius 3 is 2.53 bits per heavy atom. The van der Waals surface area contributed by atoms with Crippen LogP contribution in [0, 0.1) is 5.82 Å². The third kappa shape index (κ3) is 3.53. The molecule has 0 N–H and O–H groups in total. The third-order valence-corrected chi connectivity index (χ3v) is 5.76. The quantitative estimate of drug-likeness (QED) is 0.662. The van der Waals surface area contributed by atoms with Crippen LogP contribution in [-0.2, 0) is 25.3 Å². The van der Waals surface area contributed by atoms with Crippen molar-refractivity contribution < 1.29 is 9.18 Å². The zero-order valence-electron chi connectivity index (χ0n) is 17.0. The number of aromatic nitrogens is 3. The van der Waals surface area contributed by atoms with Gasteiger partial charge in [-0.15, -0.1) is 0 Å². The first kappa shape index (κ1) is 20.0. The van der Waals surface area contributed by atoms with Crippen LogP contribution >= 0.6 is 0 Å². The average Bonchev–Trinajstić information content (AvgIpc) is 2.77. The summed E-state index contributed by atoms with van der Waals surface area (Å²) < 4.78 is 15.6. The summed E-state index contributed by atoms with van der Waals surface area (Å²) >= 11 is 0. The molecule has 1 atom stereocenters. The predicted octanol–water partition coefficient (Wildman–Crippen LogP) is 2.07. The van der Waals surface area contributed by atoms with Crippen molar-refractivity contribution in [1.82, 2.24) is 19.0 Å². The Morgan fingerprint density at radius 1 is 1.07 bits per heavy atom. The second-order valence-corrected chi connectivity index (χ2v) is 7.72. The first-order valence-corrected chi connectivity index (χ1v) is 9.97. The molecule has 3 aromatic rings. The molecule has 8 heteroatoms. The number of carbonyl (C=O) groups excluding carboxylic acids is 1. The molecule has 0 saturated carbocycles. The number of rotatable bonds is 3. The normalized spacial score (nSPS) is 16.8. The molecule has 1 aromatic carbocycles. The molecule has 30 heavy (non-hydrogen) atoms. The van der Waals surface area contributed by atoms with E-state index in [2.05, 4.69) is 4.98 Å². The van der Waals surface area contributed by atoms with Gasteiger partial charge in [0.05, 0.1) is 23.5 Å². The van der Waals surface area contributed by atoms with Crippen molar-refractivity contribution in [3.05, 3.63) is 74.3 Å². The number of aryl methyl sites for hydroxylation is 1. The molecule has 3 heterocycles. The fraction of sp³-hybridized carbons (Fsp3) is 0.364. The fourth-order valence-electron chi connectivity index (χ4n) is 4.07. The Balaban J connectivity index is 1.69. The van der Waals surface area contributed by atoms with Crippen molar-refractivity contribution in [1.29, 1.82) is 0 Å². The Labute approximate surface area is 172 Å². The van der Waals surface area contributed by atoms with Gasteiger partial charge in [0.15, 0.2) is 0 Å². The number of benzene rings is 1. The van der Waals surface area contributed by atoms with Gasteiger partial charge >= 0.3 is 5.69 Å². The number of likely N-dealkylation sites (tertiary alicyclic amines) is 1. The minimum atomic E-state index is -0.440. The maximum Gasteiger partial charge on any atom is 0.332 e. The van der Waals surface area contributed by atoms with Crippen molar-refractivity contribution in [3.8, 4) is 0 Å². The lowest BCUT2D eigenvalue weighted by Crippen LogP contribution is -2.40. The van der Waals surface area contributed by atoms with Crippen LogP contribution < -0.4 is 11.2 Å². The number of hydrogen-bond acceptors (Lipinski definition) is 4. The van der Waals surface area contributed by atoms with Crippen LogP contribution in [-0.4, -0.2) is 31.5 Å². The van der Waals surface area contributed by atoms with E-state index >= 15 is 0 Å². The molecule has 0 radical (unpaired) electrons. The fourth-order valence-corrected chi connectivity index (χ4v) is 4.07. The molecule has 1 aliphatic rings. The number of fused-ring (bicyclic) bond motifs is 1. The lowest BCUT2D eigenvalue weighted by molar-refractivity contribution is -0.134. The molecule has 1 amide bonds. The first-order chi connectivity index (χ1) is 14.4. The summed E-state index contributed by atoms with van der Waals surface area (Å²) in [5, 5.41) is 0.364. The van der Waals surface area contributed by atoms with E-state index in [9.17, 15) is 18.8 Å². The molecule has 4 rings (SSSR count). The zero-order valence-corrected chi connectivity index (χ0v) is 17.0. The highest BCUT2D eigenvalue weighted by molar-refractivity contribution is 5.79. The van der Waals surface area contributed by atoms with Gasteiger partial charge in [-0.2, -0.15) is 0 Å². The molecule has 156 valence electrons. The smallest absolute Gasteiger partial charge is 0.332 e. The van der Waals surface area contributed by atoms with Gasteiger partial charge in [0.2, 0.25) is 5.91 Å². The van der Waals surface area contributed by atoms with Crippen molar-refractivity contribution in [2.45, 2.75) is 31.7 Å². The minimum absolute atomic E-state index is 0.0499. The summed E-state index contributed by atoms with van der Waals surface area (Å²) in [7, 11) is 3.02. The van der Waals surface area contributed by atoms with Crippen LogP contribution in [0.1, 0.15) is 36.6 Å². The van der Waals surface area contributed by atoms with E-state index in [1.54, 1.807) is 36.2 Å². The van der Waals surface area contributed by atoms with E-state index in [1.807, 2.05) is 0 Å². The van der Waals surface area contributed by atoms with E-state index in [4.69, 9.17) is 0 Å². The summed E-state index contributed by atoms with van der Waals surface area (Å²) in [6.07, 6.45) is 2.80. The Bertz CT molecular complexity index is 1230. The van der Waals surface area contributed by atoms with Gasteiger partial charge in [0, 0.05) is 20.6 Å². The lowest BCUT2D eigenvalue weighted by Gasteiger charge is -2.35. The highest BCUT2D eigenvalue weighted by Crippen LogP contribution is 2.31. The lowest BCUT2D eigenvalue weighted by atomic mass is 9.97. The highest BCUT2D eigenvalue weighted by atomic mass is 19.1. The van der Waals surface area contributed by atoms with Gasteiger partial charge in [-0.05, 0) is 49.1 Å². The monoisotopic (exact) mass is 410 g/mol. The van der Waals surface area contributed by atoms with Crippen LogP contribution in [0.5, 0.6) is 0 Å². The summed E-state index contributed by atoms with van der Waals surface area (Å²) in [6.45, 7) is 0.611. The SMILES string of the molecule is Cn1c(=O)c2ccc([C@@H]3CCCCN3C(=O)Cc3ccc(F)cc3)nc2n(C)c1=O. The Hall–Kier alpha value is -3.29. The number of amides is 1. The van der Waals surface area contributed by atoms with Gasteiger partial charge in [-0.1, -0.05) is 12.1 Å². The molecule has 0 unspecified atom stereocenters. The molecule has 0 aliphatic carbocycles. The number of nitrogens with zero attached hydrogens (tertiary/aromatic N) is 4. The zero-order chi connectivity index (χ0) is 21.4. The molecule has 2 aromatic heterocycles. The number of halogens is 1. The third-order valence-electron chi connectivity index (χ3n) is 5.76. The van der Waals surface area contributed by atoms with Gasteiger partial charge < -0.3 is 4.90 Å². The first-order valence-electron chi connectivity index (χ1n) is 9.97. The van der Waals surface area contributed by atoms with Gasteiger partial charge in [-0.3, -0.25) is 18.7 Å². The molecule has 0 bridgehead atoms. The standard InChI is InChI=1S/C22H23FN4O3/c1-25-20-16(21(29)26(2)22(25)30)10-11-17(24-20)18-5-3-4-12-27(18)19(28)13-14-6-8-15(23)9-7-14/h6-11,18H,3-5,12-13H2,1-2H3/t18-/m0/s1. The topological polar surface area (TPSA) is 77.2 Å². The Kier molecular flexibility index (Phi) is 5.24. The summed E-state index contributed by atoms with van der Waals surface area (Å²) in [5.74, 6) is -0.384. The van der Waals surface area contributed by atoms with E-state index in [0.29, 0.717) is 23.3 Å². The maximum absolute atomic E-state index is 13.2. The number of pyridine rings is 1. The predicted molar refractivity (Wildman–Crippen MR) is 111 cm³/mol. The molecule has 1 saturated heterocycles. The summed E-state index contributed by atoms with van der Waals surface area (Å²) in [6, 6.07) is 9.15. The van der Waals surface area contributed by atoms with E-state index < -0.39 is 5.69 Å². The number of piperidine rings is 1. The van der Waals surface area contributed by atoms with Gasteiger partial charge in [0.1, 0.15) is 11.5 Å². The second-order valence-electron chi connectivity index (χ2n) is 7.72. The van der Waals surface area contributed by atoms with Crippen molar-refractivity contribution >= 4 is 16.9 Å². The summed E-state index contributed by atoms with van der Waals surface area (Å²) in [4.78, 5) is 44.1. The van der Waals surface area contributed by atoms with Crippen LogP contribution in [0.2, 0.25) is 0 Å². The van der Waals surface area contributed by atoms with Crippen molar-refractivity contribution in [2.75, 3.05) is 6.54 Å². The summed E-state index contributed by atoms with van der Waals surface area (Å²) in [5.41, 5.74) is 0.906. The van der Waals surface area contributed by atoms with Crippen molar-refractivity contribution in [2.24, 2.45) is 14.1 Å². The van der Waals surface area contributed by atoms with Crippen LogP contribution in [0.4, 0.5) is 4.39 Å². The molecule has 1 aliphatic heterocycles. The molecular formula is C22H23FN4O3. The van der Waals surface area contributed by atoms with Crippen LogP contribution in [0.3, 0.4) is 0 Å². The maximum atomic E-state index is 13.2. The van der Waals surface area contributed by atoms with Gasteiger partial charge in [-0.25, -0.2) is 14.2 Å². The van der Waals surface area contributed by atoms with Crippen LogP contribution in [0.15, 0.2) is 46.0 Å². The highest BCUT2D eigenvalue weighted by Gasteiger charge is 2.29. The number of carbonyl (C=O) groups is 1. The average molecular weight is 410 g/mol. The second kappa shape index (κ2) is 7.85. The molecular weight excluding hydrogens is 387 g/mol. The molecule has 1 fully saturated rings. The van der Waals surface area contributed by atoms with E-state index in [1.165, 1.54) is 23.7 Å². The van der Waals surface area contributed by atoms with Crippen LogP contribution in [0.25, 0.3) is 11.0 Å². The molecule has 7 nitrogen and oxygen atoms in total. The molecule has 0 spiro atoms. The van der Waals surface area contributed by atoms with E-state index in [0.717, 1.165) is 29.4 Å². The number of hydrogen-bond donors (Lipinski definition) is 0. The largest absolute Gasteiger partial charge is 0.334 e. The van der Waals surface area contributed by atoms with Gasteiger partial charge in [0.25, 0.3) is 5.56 Å². The Morgan fingerprint density at radius 2 is 1.80 bits per heavy atom.